The summed E-state index contributed by atoms with van der Waals surface area (Å²) in [6, 6.07) is 6.69. The van der Waals surface area contributed by atoms with Gasteiger partial charge in [-0.25, -0.2) is 4.79 Å². The van der Waals surface area contributed by atoms with Crippen LogP contribution in [0.2, 0.25) is 0 Å². The molecule has 0 bridgehead atoms. The van der Waals surface area contributed by atoms with Crippen LogP contribution in [0.5, 0.6) is 17.2 Å². The summed E-state index contributed by atoms with van der Waals surface area (Å²) >= 11 is 0. The number of esters is 1. The van der Waals surface area contributed by atoms with Gasteiger partial charge in [0.1, 0.15) is 30.3 Å². The van der Waals surface area contributed by atoms with Crippen LogP contribution in [-0.2, 0) is 20.9 Å². The lowest BCUT2D eigenvalue weighted by molar-refractivity contribution is -0.120. The molecule has 166 valence electrons. The first kappa shape index (κ1) is 23.0. The Kier molecular flexibility index (Phi) is 7.29. The predicted octanol–water partition coefficient (Wildman–Crippen LogP) is 4.22. The maximum absolute atomic E-state index is 12.9. The summed E-state index contributed by atoms with van der Waals surface area (Å²) in [5.41, 5.74) is 2.16. The quantitative estimate of drug-likeness (QED) is 0.290. The summed E-state index contributed by atoms with van der Waals surface area (Å²) < 4.78 is 21.7. The molecule has 0 unspecified atom stereocenters. The van der Waals surface area contributed by atoms with Gasteiger partial charge in [0.05, 0.1) is 11.1 Å². The van der Waals surface area contributed by atoms with Gasteiger partial charge in [0.2, 0.25) is 0 Å². The number of fused-ring (bicyclic) bond motifs is 2. The predicted molar refractivity (Wildman–Crippen MR) is 116 cm³/mol. The molecule has 0 atom stereocenters. The number of ketones is 1. The van der Waals surface area contributed by atoms with Gasteiger partial charge >= 0.3 is 5.97 Å². The Morgan fingerprint density at radius 2 is 2.06 bits per heavy atom. The Hall–Kier alpha value is -3.63. The molecular weight excluding hydrogens is 412 g/mol. The number of ether oxygens (including phenoxy) is 4. The maximum atomic E-state index is 12.9. The molecule has 1 heterocycles. The topological polar surface area (TPSA) is 88.1 Å². The molecule has 0 radical (unpaired) electrons. The summed E-state index contributed by atoms with van der Waals surface area (Å²) in [4.78, 5) is 36.8. The lowest BCUT2D eigenvalue weighted by Crippen LogP contribution is -2.16. The van der Waals surface area contributed by atoms with E-state index in [9.17, 15) is 14.4 Å². The largest absolute Gasteiger partial charge is 0.457 e. The number of cyclic esters (lactones) is 1. The molecule has 0 spiro atoms. The van der Waals surface area contributed by atoms with Crippen molar-refractivity contribution in [2.24, 2.45) is 5.92 Å². The molecule has 0 aliphatic carbocycles. The highest BCUT2D eigenvalue weighted by Crippen LogP contribution is 2.40. The lowest BCUT2D eigenvalue weighted by atomic mass is 9.97. The molecule has 0 amide bonds. The van der Waals surface area contributed by atoms with Crippen LogP contribution < -0.4 is 9.47 Å². The summed E-state index contributed by atoms with van der Waals surface area (Å²) in [7, 11) is 1.55. The Labute approximate surface area is 186 Å². The minimum absolute atomic E-state index is 0.0705. The highest BCUT2D eigenvalue weighted by Gasteiger charge is 2.30. The summed E-state index contributed by atoms with van der Waals surface area (Å²) in [6.45, 7) is 6.04. The number of aryl methyl sites for hydroxylation is 1. The standard InChI is InChI=1S/C25H24O7/c1-15(2)10-20(27)19-7-8-21-22(24(19)31-14-26)25(28)30-13-18-12-16(3)11-17(23(18)32-21)6-5-9-29-4/h7-8,11-12,14-15H,9-10,13H2,1-4H3. The molecular formula is C25H24O7. The van der Waals surface area contributed by atoms with Crippen molar-refractivity contribution in [3.8, 4) is 29.1 Å². The van der Waals surface area contributed by atoms with Crippen molar-refractivity contribution in [3.05, 3.63) is 52.1 Å². The summed E-state index contributed by atoms with van der Waals surface area (Å²) in [5, 5.41) is 0. The van der Waals surface area contributed by atoms with Gasteiger partial charge in [0, 0.05) is 19.1 Å². The van der Waals surface area contributed by atoms with Gasteiger partial charge in [0.15, 0.2) is 11.5 Å². The Balaban J connectivity index is 2.17. The van der Waals surface area contributed by atoms with Crippen molar-refractivity contribution in [3.63, 3.8) is 0 Å². The summed E-state index contributed by atoms with van der Waals surface area (Å²) in [5.74, 6) is 5.34. The number of carbonyl (C=O) groups is 3. The molecule has 1 aliphatic rings. The normalized spacial score (nSPS) is 12.2. The molecule has 2 aromatic carbocycles. The highest BCUT2D eigenvalue weighted by molar-refractivity contribution is 6.05. The van der Waals surface area contributed by atoms with E-state index in [0.29, 0.717) is 16.9 Å². The van der Waals surface area contributed by atoms with Gasteiger partial charge < -0.3 is 18.9 Å². The van der Waals surface area contributed by atoms with Crippen molar-refractivity contribution in [1.29, 1.82) is 0 Å². The fraction of sp³-hybridized carbons (Fsp3) is 0.320. The van der Waals surface area contributed by atoms with Crippen LogP contribution in [0.4, 0.5) is 0 Å². The molecule has 32 heavy (non-hydrogen) atoms. The Morgan fingerprint density at radius 3 is 2.75 bits per heavy atom. The SMILES string of the molecule is COCC#Cc1cc(C)cc2c1Oc1ccc(C(=O)CC(C)C)c(OC=O)c1C(=O)OC2. The molecule has 0 aromatic heterocycles. The molecule has 1 aliphatic heterocycles. The minimum atomic E-state index is -0.754. The van der Waals surface area contributed by atoms with Gasteiger partial charge in [-0.1, -0.05) is 25.7 Å². The van der Waals surface area contributed by atoms with Gasteiger partial charge in [-0.2, -0.15) is 0 Å². The van der Waals surface area contributed by atoms with E-state index in [1.807, 2.05) is 32.9 Å². The van der Waals surface area contributed by atoms with Crippen molar-refractivity contribution >= 4 is 18.2 Å². The first-order valence-corrected chi connectivity index (χ1v) is 10.1. The fourth-order valence-corrected chi connectivity index (χ4v) is 3.41. The van der Waals surface area contributed by atoms with E-state index in [0.717, 1.165) is 5.56 Å². The number of hydrogen-bond acceptors (Lipinski definition) is 7. The van der Waals surface area contributed by atoms with Crippen molar-refractivity contribution < 1.29 is 33.3 Å². The van der Waals surface area contributed by atoms with E-state index < -0.39 is 5.97 Å². The zero-order valence-electron chi connectivity index (χ0n) is 18.4. The molecule has 3 rings (SSSR count). The van der Waals surface area contributed by atoms with E-state index >= 15 is 0 Å². The minimum Gasteiger partial charge on any atom is -0.457 e. The van der Waals surface area contributed by atoms with E-state index in [-0.39, 0.29) is 60.4 Å². The van der Waals surface area contributed by atoms with Crippen molar-refractivity contribution in [1.82, 2.24) is 0 Å². The lowest BCUT2D eigenvalue weighted by Gasteiger charge is -2.22. The molecule has 0 saturated carbocycles. The molecule has 0 fully saturated rings. The fourth-order valence-electron chi connectivity index (χ4n) is 3.41. The maximum Gasteiger partial charge on any atom is 0.346 e. The highest BCUT2D eigenvalue weighted by atomic mass is 16.6. The third kappa shape index (κ3) is 4.98. The first-order valence-electron chi connectivity index (χ1n) is 10.1. The molecule has 7 nitrogen and oxygen atoms in total. The average molecular weight is 436 g/mol. The number of rotatable bonds is 6. The van der Waals surface area contributed by atoms with Gasteiger partial charge in [-0.3, -0.25) is 9.59 Å². The number of methoxy groups -OCH3 is 1. The summed E-state index contributed by atoms with van der Waals surface area (Å²) in [6.07, 6.45) is 0.227. The molecule has 7 heteroatoms. The zero-order chi connectivity index (χ0) is 23.3. The second-order valence-electron chi connectivity index (χ2n) is 7.76. The van der Waals surface area contributed by atoms with Gasteiger partial charge in [-0.15, -0.1) is 0 Å². The van der Waals surface area contributed by atoms with Crippen molar-refractivity contribution in [2.75, 3.05) is 13.7 Å². The van der Waals surface area contributed by atoms with E-state index in [2.05, 4.69) is 11.8 Å². The van der Waals surface area contributed by atoms with Gasteiger partial charge in [-0.05, 0) is 42.7 Å². The van der Waals surface area contributed by atoms with Gasteiger partial charge in [0.25, 0.3) is 6.47 Å². The van der Waals surface area contributed by atoms with Crippen molar-refractivity contribution in [2.45, 2.75) is 33.8 Å². The first-order chi connectivity index (χ1) is 15.3. The van der Waals surface area contributed by atoms with E-state index in [4.69, 9.17) is 18.9 Å². The van der Waals surface area contributed by atoms with E-state index in [1.54, 1.807) is 7.11 Å². The second kappa shape index (κ2) is 10.1. The second-order valence-corrected chi connectivity index (χ2v) is 7.76. The number of benzene rings is 2. The molecule has 2 aromatic rings. The molecule has 0 saturated heterocycles. The van der Waals surface area contributed by atoms with Crippen LogP contribution in [0.15, 0.2) is 24.3 Å². The Bertz CT molecular complexity index is 1120. The van der Waals surface area contributed by atoms with Crippen LogP contribution in [0, 0.1) is 24.7 Å². The van der Waals surface area contributed by atoms with Crippen LogP contribution in [0.1, 0.15) is 57.7 Å². The number of carbonyl (C=O) groups excluding carboxylic acids is 3. The zero-order valence-corrected chi connectivity index (χ0v) is 18.4. The molecule has 0 N–H and O–H groups in total. The van der Waals surface area contributed by atoms with Crippen LogP contribution in [0.3, 0.4) is 0 Å². The number of hydrogen-bond donors (Lipinski definition) is 0. The van der Waals surface area contributed by atoms with E-state index in [1.165, 1.54) is 12.1 Å². The van der Waals surface area contributed by atoms with Crippen LogP contribution in [-0.4, -0.2) is 31.9 Å². The Morgan fingerprint density at radius 1 is 1.28 bits per heavy atom. The van der Waals surface area contributed by atoms with Crippen LogP contribution in [0.25, 0.3) is 0 Å². The monoisotopic (exact) mass is 436 g/mol. The smallest absolute Gasteiger partial charge is 0.346 e. The third-order valence-electron chi connectivity index (χ3n) is 4.70. The third-order valence-corrected chi connectivity index (χ3v) is 4.70. The average Bonchev–Trinajstić information content (AvgIpc) is 2.72. The van der Waals surface area contributed by atoms with Crippen LogP contribution >= 0.6 is 0 Å². The number of Topliss-reactive ketones (excluding diaryl/α,β-unsaturated/α-hetero) is 1.